The van der Waals surface area contributed by atoms with E-state index in [2.05, 4.69) is 10.2 Å². The minimum Gasteiger partial charge on any atom is -0.469 e. The first-order chi connectivity index (χ1) is 10.6. The third-order valence-corrected chi connectivity index (χ3v) is 5.34. The fourth-order valence-corrected chi connectivity index (χ4v) is 3.77. The van der Waals surface area contributed by atoms with Crippen LogP contribution in [0.4, 0.5) is 0 Å². The van der Waals surface area contributed by atoms with Gasteiger partial charge in [-0.15, -0.1) is 21.5 Å². The Labute approximate surface area is 136 Å². The van der Waals surface area contributed by atoms with Crippen LogP contribution < -0.4 is 0 Å². The summed E-state index contributed by atoms with van der Waals surface area (Å²) in [7, 11) is 1.89. The lowest BCUT2D eigenvalue weighted by atomic mass is 10.2. The lowest BCUT2D eigenvalue weighted by Crippen LogP contribution is -2.02. The maximum Gasteiger partial charge on any atom is 0.191 e. The van der Waals surface area contributed by atoms with Crippen molar-refractivity contribution in [2.45, 2.75) is 19.0 Å². The molecule has 0 N–H and O–H groups in total. The first kappa shape index (κ1) is 15.1. The number of thioether (sulfide) groups is 1. The Balaban J connectivity index is 1.73. The number of carbonyl (C=O) groups is 1. The average Bonchev–Trinajstić information content (AvgIpc) is 3.18. The summed E-state index contributed by atoms with van der Waals surface area (Å²) < 4.78 is 7.19. The highest BCUT2D eigenvalue weighted by atomic mass is 32.2. The number of thiophene rings is 1. The molecule has 5 nitrogen and oxygen atoms in total. The summed E-state index contributed by atoms with van der Waals surface area (Å²) in [5.74, 6) is 2.02. The zero-order valence-electron chi connectivity index (χ0n) is 12.5. The van der Waals surface area contributed by atoms with Crippen LogP contribution >= 0.6 is 23.1 Å². The van der Waals surface area contributed by atoms with Gasteiger partial charge < -0.3 is 8.98 Å². The summed E-state index contributed by atoms with van der Waals surface area (Å²) in [5, 5.41) is 9.09. The van der Waals surface area contributed by atoms with Crippen molar-refractivity contribution < 1.29 is 9.21 Å². The highest BCUT2D eigenvalue weighted by Gasteiger charge is 2.16. The molecule has 0 radical (unpaired) electrons. The molecule has 0 atom stereocenters. The number of ketones is 1. The zero-order valence-corrected chi connectivity index (χ0v) is 14.1. The maximum atomic E-state index is 12.1. The van der Waals surface area contributed by atoms with Crippen molar-refractivity contribution in [2.75, 3.05) is 5.75 Å². The van der Waals surface area contributed by atoms with Gasteiger partial charge in [0.25, 0.3) is 0 Å². The van der Waals surface area contributed by atoms with Gasteiger partial charge >= 0.3 is 0 Å². The van der Waals surface area contributed by atoms with E-state index in [1.807, 2.05) is 43.7 Å². The van der Waals surface area contributed by atoms with Crippen molar-refractivity contribution >= 4 is 28.9 Å². The van der Waals surface area contributed by atoms with Gasteiger partial charge in [0.1, 0.15) is 5.76 Å². The van der Waals surface area contributed by atoms with E-state index in [1.54, 1.807) is 6.26 Å². The predicted molar refractivity (Wildman–Crippen MR) is 87.6 cm³/mol. The van der Waals surface area contributed by atoms with E-state index >= 15 is 0 Å². The number of carbonyl (C=O) groups excluding carboxylic acids is 1. The van der Waals surface area contributed by atoms with Gasteiger partial charge in [0.2, 0.25) is 0 Å². The van der Waals surface area contributed by atoms with Gasteiger partial charge in [0.05, 0.1) is 22.5 Å². The van der Waals surface area contributed by atoms with E-state index in [4.69, 9.17) is 4.42 Å². The third-order valence-electron chi connectivity index (χ3n) is 3.28. The van der Waals surface area contributed by atoms with Crippen LogP contribution in [0.2, 0.25) is 0 Å². The molecule has 7 heteroatoms. The first-order valence-electron chi connectivity index (χ1n) is 6.72. The fraction of sp³-hybridized carbons (Fsp3) is 0.267. The summed E-state index contributed by atoms with van der Waals surface area (Å²) in [4.78, 5) is 14.1. The number of nitrogens with zero attached hydrogens (tertiary/aromatic N) is 3. The molecule has 0 aromatic carbocycles. The quantitative estimate of drug-likeness (QED) is 0.526. The lowest BCUT2D eigenvalue weighted by molar-refractivity contribution is 0.102. The molecule has 0 saturated carbocycles. The SMILES string of the molecule is Cc1ccc(C(=O)CSc2nnc(-c3ccoc3C)n2C)s1. The molecule has 0 aliphatic carbocycles. The second-order valence-corrected chi connectivity index (χ2v) is 7.11. The standard InChI is InChI=1S/C15H15N3O2S2/c1-9-4-5-13(22-9)12(19)8-21-15-17-16-14(18(15)3)11-6-7-20-10(11)2/h4-7H,8H2,1-3H3. The Morgan fingerprint density at radius 2 is 2.14 bits per heavy atom. The van der Waals surface area contributed by atoms with Gasteiger partial charge in [-0.05, 0) is 32.0 Å². The van der Waals surface area contributed by atoms with Crippen LogP contribution in [-0.4, -0.2) is 26.3 Å². The minimum absolute atomic E-state index is 0.118. The van der Waals surface area contributed by atoms with Crippen LogP contribution in [0, 0.1) is 13.8 Å². The number of aromatic nitrogens is 3. The van der Waals surface area contributed by atoms with Crippen molar-refractivity contribution in [1.82, 2.24) is 14.8 Å². The van der Waals surface area contributed by atoms with Crippen molar-refractivity contribution in [3.05, 3.63) is 40.0 Å². The number of Topliss-reactive ketones (excluding diaryl/α,β-unsaturated/α-hetero) is 1. The van der Waals surface area contributed by atoms with Crippen LogP contribution in [-0.2, 0) is 7.05 Å². The largest absolute Gasteiger partial charge is 0.469 e. The first-order valence-corrected chi connectivity index (χ1v) is 8.52. The third kappa shape index (κ3) is 2.86. The summed E-state index contributed by atoms with van der Waals surface area (Å²) >= 11 is 2.92. The van der Waals surface area contributed by atoms with Crippen molar-refractivity contribution in [3.63, 3.8) is 0 Å². The second-order valence-electron chi connectivity index (χ2n) is 4.88. The molecule has 0 unspecified atom stereocenters. The van der Waals surface area contributed by atoms with Gasteiger partial charge in [0.15, 0.2) is 16.8 Å². The molecule has 0 saturated heterocycles. The number of hydrogen-bond acceptors (Lipinski definition) is 6. The molecule has 0 amide bonds. The zero-order chi connectivity index (χ0) is 15.7. The molecule has 0 spiro atoms. The second kappa shape index (κ2) is 6.10. The van der Waals surface area contributed by atoms with E-state index in [1.165, 1.54) is 23.1 Å². The number of rotatable bonds is 5. The van der Waals surface area contributed by atoms with Gasteiger partial charge in [-0.3, -0.25) is 4.79 Å². The summed E-state index contributed by atoms with van der Waals surface area (Å²) in [6.45, 7) is 3.89. The average molecular weight is 333 g/mol. The van der Waals surface area contributed by atoms with Crippen LogP contribution in [0.1, 0.15) is 20.3 Å². The molecule has 0 fully saturated rings. The maximum absolute atomic E-state index is 12.1. The highest BCUT2D eigenvalue weighted by Crippen LogP contribution is 2.26. The summed E-state index contributed by atoms with van der Waals surface area (Å²) in [6.07, 6.45) is 1.63. The van der Waals surface area contributed by atoms with Gasteiger partial charge in [-0.2, -0.15) is 0 Å². The van der Waals surface area contributed by atoms with Gasteiger partial charge in [-0.1, -0.05) is 11.8 Å². The molecule has 0 aliphatic rings. The Morgan fingerprint density at radius 3 is 2.77 bits per heavy atom. The summed E-state index contributed by atoms with van der Waals surface area (Å²) in [6, 6.07) is 5.71. The van der Waals surface area contributed by atoms with E-state index in [0.717, 1.165) is 32.1 Å². The smallest absolute Gasteiger partial charge is 0.191 e. The highest BCUT2D eigenvalue weighted by molar-refractivity contribution is 7.99. The van der Waals surface area contributed by atoms with Crippen LogP contribution in [0.15, 0.2) is 34.0 Å². The van der Waals surface area contributed by atoms with E-state index in [-0.39, 0.29) is 5.78 Å². The Morgan fingerprint density at radius 1 is 1.32 bits per heavy atom. The van der Waals surface area contributed by atoms with Crippen LogP contribution in [0.5, 0.6) is 0 Å². The summed E-state index contributed by atoms with van der Waals surface area (Å²) in [5.41, 5.74) is 0.919. The molecular weight excluding hydrogens is 318 g/mol. The van der Waals surface area contributed by atoms with Gasteiger partial charge in [0, 0.05) is 11.9 Å². The minimum atomic E-state index is 0.118. The molecular formula is C15H15N3O2S2. The molecule has 0 bridgehead atoms. The fourth-order valence-electron chi connectivity index (χ4n) is 2.08. The molecule has 3 aromatic rings. The Hall–Kier alpha value is -1.86. The molecule has 0 aliphatic heterocycles. The monoisotopic (exact) mass is 333 g/mol. The topological polar surface area (TPSA) is 60.9 Å². The van der Waals surface area contributed by atoms with Crippen LogP contribution in [0.25, 0.3) is 11.4 Å². The van der Waals surface area contributed by atoms with Gasteiger partial charge in [-0.25, -0.2) is 0 Å². The normalized spacial score (nSPS) is 11.0. The van der Waals surface area contributed by atoms with Crippen LogP contribution in [0.3, 0.4) is 0 Å². The molecule has 3 rings (SSSR count). The Bertz CT molecular complexity index is 816. The molecule has 3 heterocycles. The van der Waals surface area contributed by atoms with Crippen molar-refractivity contribution in [2.24, 2.45) is 7.05 Å². The Kier molecular flexibility index (Phi) is 4.17. The van der Waals surface area contributed by atoms with Crippen molar-refractivity contribution in [1.29, 1.82) is 0 Å². The number of hydrogen-bond donors (Lipinski definition) is 0. The lowest BCUT2D eigenvalue weighted by Gasteiger charge is -2.02. The predicted octanol–water partition coefficient (Wildman–Crippen LogP) is 3.73. The van der Waals surface area contributed by atoms with E-state index in [9.17, 15) is 4.79 Å². The number of aryl methyl sites for hydroxylation is 2. The van der Waals surface area contributed by atoms with Crippen molar-refractivity contribution in [3.8, 4) is 11.4 Å². The molecule has 3 aromatic heterocycles. The van der Waals surface area contributed by atoms with E-state index < -0.39 is 0 Å². The number of furan rings is 1. The van der Waals surface area contributed by atoms with E-state index in [0.29, 0.717) is 5.75 Å². The molecule has 114 valence electrons. The molecule has 22 heavy (non-hydrogen) atoms.